The molecule has 8 heteroatoms. The number of hydrogen-bond acceptors (Lipinski definition) is 4. The number of sulfone groups is 1. The maximum Gasteiger partial charge on any atom is 0.201 e. The summed E-state index contributed by atoms with van der Waals surface area (Å²) in [7, 11) is -3.14. The highest BCUT2D eigenvalue weighted by Crippen LogP contribution is 2.28. The minimum Gasteiger partial charge on any atom is -0.369 e. The molecule has 2 rings (SSSR count). The average Bonchev–Trinajstić information content (AvgIpc) is 2.52. The van der Waals surface area contributed by atoms with Gasteiger partial charge in [0.1, 0.15) is 15.7 Å². The van der Waals surface area contributed by atoms with Gasteiger partial charge in [-0.3, -0.25) is 0 Å². The van der Waals surface area contributed by atoms with Crippen LogP contribution in [-0.4, -0.2) is 30.0 Å². The summed E-state index contributed by atoms with van der Waals surface area (Å²) in [6.07, 6.45) is 1.16. The van der Waals surface area contributed by atoms with Gasteiger partial charge in [-0.15, -0.1) is 0 Å². The predicted octanol–water partition coefficient (Wildman–Crippen LogP) is 2.13. The molecular weight excluding hydrogens is 337 g/mol. The third-order valence-corrected chi connectivity index (χ3v) is 4.44. The first-order chi connectivity index (χ1) is 8.69. The fraction of sp³-hybridized carbons (Fsp3) is 0.364. The minimum atomic E-state index is -3.14. The summed E-state index contributed by atoms with van der Waals surface area (Å²) in [6.45, 7) is 1.73. The van der Waals surface area contributed by atoms with Gasteiger partial charge in [-0.25, -0.2) is 17.8 Å². The fourth-order valence-corrected chi connectivity index (χ4v) is 3.44. The number of anilines is 1. The number of imidazole rings is 1. The first-order valence-electron chi connectivity index (χ1n) is 5.49. The smallest absolute Gasteiger partial charge is 0.201 e. The molecule has 1 heterocycles. The van der Waals surface area contributed by atoms with Crippen molar-refractivity contribution < 1.29 is 12.8 Å². The summed E-state index contributed by atoms with van der Waals surface area (Å²) in [5.41, 5.74) is 6.79. The second-order valence-corrected chi connectivity index (χ2v) is 7.58. The lowest BCUT2D eigenvalue weighted by Crippen LogP contribution is -2.18. The van der Waals surface area contributed by atoms with Crippen molar-refractivity contribution in [3.63, 3.8) is 0 Å². The molecule has 1 atom stereocenters. The molecule has 0 bridgehead atoms. The Morgan fingerprint density at radius 3 is 2.74 bits per heavy atom. The second kappa shape index (κ2) is 4.75. The third kappa shape index (κ3) is 2.89. The Bertz CT molecular complexity index is 742. The maximum absolute atomic E-state index is 13.4. The zero-order valence-electron chi connectivity index (χ0n) is 10.4. The Morgan fingerprint density at radius 1 is 1.53 bits per heavy atom. The Hall–Kier alpha value is -1.15. The number of benzene rings is 1. The van der Waals surface area contributed by atoms with E-state index >= 15 is 0 Å². The van der Waals surface area contributed by atoms with Crippen LogP contribution in [0.4, 0.5) is 10.3 Å². The SMILES string of the molecule is CC(CS(C)(=O)=O)n1c(N)nc2cc(F)c(Br)cc21. The predicted molar refractivity (Wildman–Crippen MR) is 76.2 cm³/mol. The van der Waals surface area contributed by atoms with Gasteiger partial charge in [0, 0.05) is 18.4 Å². The molecule has 104 valence electrons. The van der Waals surface area contributed by atoms with Crippen LogP contribution in [0.1, 0.15) is 13.0 Å². The van der Waals surface area contributed by atoms with Crippen LogP contribution < -0.4 is 5.73 Å². The summed E-state index contributed by atoms with van der Waals surface area (Å²) in [6, 6.07) is 2.43. The number of rotatable bonds is 3. The van der Waals surface area contributed by atoms with Crippen LogP contribution in [0.2, 0.25) is 0 Å². The molecule has 0 aliphatic heterocycles. The maximum atomic E-state index is 13.4. The highest BCUT2D eigenvalue weighted by atomic mass is 79.9. The first-order valence-corrected chi connectivity index (χ1v) is 8.34. The lowest BCUT2D eigenvalue weighted by Gasteiger charge is -2.15. The van der Waals surface area contributed by atoms with Gasteiger partial charge in [0.2, 0.25) is 5.95 Å². The molecule has 2 aromatic rings. The van der Waals surface area contributed by atoms with Crippen LogP contribution in [0, 0.1) is 5.82 Å². The molecule has 0 radical (unpaired) electrons. The molecule has 5 nitrogen and oxygen atoms in total. The first kappa shape index (κ1) is 14.3. The standard InChI is InChI=1S/C11H13BrFN3O2S/c1-6(5-19(2,17)18)16-10-3-7(12)8(13)4-9(10)15-11(16)14/h3-4,6H,5H2,1-2H3,(H2,14,15). The lowest BCUT2D eigenvalue weighted by atomic mass is 10.3. The van der Waals surface area contributed by atoms with Crippen LogP contribution in [0.15, 0.2) is 16.6 Å². The molecule has 1 aromatic heterocycles. The van der Waals surface area contributed by atoms with Gasteiger partial charge in [-0.1, -0.05) is 0 Å². The number of nitrogen functional groups attached to an aromatic ring is 1. The molecule has 0 fully saturated rings. The quantitative estimate of drug-likeness (QED) is 0.920. The number of nitrogens with zero attached hydrogens (tertiary/aromatic N) is 2. The third-order valence-electron chi connectivity index (χ3n) is 2.74. The van der Waals surface area contributed by atoms with Crippen LogP contribution in [0.5, 0.6) is 0 Å². The molecule has 2 N–H and O–H groups in total. The van der Waals surface area contributed by atoms with Gasteiger partial charge in [0.15, 0.2) is 0 Å². The van der Waals surface area contributed by atoms with Crippen LogP contribution in [0.25, 0.3) is 11.0 Å². The van der Waals surface area contributed by atoms with Crippen LogP contribution in [-0.2, 0) is 9.84 Å². The molecule has 1 aromatic carbocycles. The number of hydrogen-bond donors (Lipinski definition) is 1. The zero-order valence-corrected chi connectivity index (χ0v) is 12.8. The Morgan fingerprint density at radius 2 is 2.16 bits per heavy atom. The van der Waals surface area contributed by atoms with Crippen molar-refractivity contribution >= 4 is 42.7 Å². The Balaban J connectivity index is 2.60. The second-order valence-electron chi connectivity index (χ2n) is 4.54. The van der Waals surface area contributed by atoms with E-state index in [9.17, 15) is 12.8 Å². The van der Waals surface area contributed by atoms with Gasteiger partial charge >= 0.3 is 0 Å². The van der Waals surface area contributed by atoms with E-state index < -0.39 is 15.7 Å². The van der Waals surface area contributed by atoms with Crippen molar-refractivity contribution in [1.29, 1.82) is 0 Å². The molecule has 1 unspecified atom stereocenters. The van der Waals surface area contributed by atoms with Crippen molar-refractivity contribution in [3.8, 4) is 0 Å². The van der Waals surface area contributed by atoms with E-state index in [1.54, 1.807) is 17.6 Å². The average molecular weight is 350 g/mol. The summed E-state index contributed by atoms with van der Waals surface area (Å²) >= 11 is 3.10. The van der Waals surface area contributed by atoms with E-state index in [4.69, 9.17) is 5.73 Å². The normalized spacial score (nSPS) is 13.9. The van der Waals surface area contributed by atoms with E-state index in [-0.39, 0.29) is 22.2 Å². The molecule has 0 saturated heterocycles. The van der Waals surface area contributed by atoms with Crippen molar-refractivity contribution in [2.24, 2.45) is 0 Å². The molecule has 0 spiro atoms. The van der Waals surface area contributed by atoms with Crippen LogP contribution in [0.3, 0.4) is 0 Å². The minimum absolute atomic E-state index is 0.0579. The zero-order chi connectivity index (χ0) is 14.4. The van der Waals surface area contributed by atoms with Crippen molar-refractivity contribution in [2.45, 2.75) is 13.0 Å². The van der Waals surface area contributed by atoms with Gasteiger partial charge in [-0.2, -0.15) is 0 Å². The summed E-state index contributed by atoms with van der Waals surface area (Å²) < 4.78 is 38.0. The summed E-state index contributed by atoms with van der Waals surface area (Å²) in [5.74, 6) is -0.325. The largest absolute Gasteiger partial charge is 0.369 e. The topological polar surface area (TPSA) is 78.0 Å². The Labute approximate surface area is 118 Å². The van der Waals surface area contributed by atoms with Crippen molar-refractivity contribution in [3.05, 3.63) is 22.4 Å². The van der Waals surface area contributed by atoms with Gasteiger partial charge in [0.05, 0.1) is 21.3 Å². The van der Waals surface area contributed by atoms with E-state index in [0.717, 1.165) is 6.26 Å². The molecule has 19 heavy (non-hydrogen) atoms. The number of aromatic nitrogens is 2. The van der Waals surface area contributed by atoms with E-state index in [1.807, 2.05) is 0 Å². The number of halogens is 2. The van der Waals surface area contributed by atoms with E-state index in [0.29, 0.717) is 11.0 Å². The number of fused-ring (bicyclic) bond motifs is 1. The number of nitrogens with two attached hydrogens (primary N) is 1. The van der Waals surface area contributed by atoms with Crippen molar-refractivity contribution in [2.75, 3.05) is 17.7 Å². The molecule has 0 aliphatic carbocycles. The summed E-state index contributed by atoms with van der Waals surface area (Å²) in [4.78, 5) is 4.05. The molecule has 0 aliphatic rings. The highest BCUT2D eigenvalue weighted by molar-refractivity contribution is 9.10. The monoisotopic (exact) mass is 349 g/mol. The molecule has 0 saturated carbocycles. The lowest BCUT2D eigenvalue weighted by molar-refractivity contribution is 0.571. The van der Waals surface area contributed by atoms with Gasteiger partial charge in [0.25, 0.3) is 0 Å². The van der Waals surface area contributed by atoms with E-state index in [1.165, 1.54) is 6.07 Å². The summed E-state index contributed by atoms with van der Waals surface area (Å²) in [5, 5.41) is 0. The van der Waals surface area contributed by atoms with Gasteiger partial charge in [-0.05, 0) is 28.9 Å². The molecule has 0 amide bonds. The highest BCUT2D eigenvalue weighted by Gasteiger charge is 2.19. The van der Waals surface area contributed by atoms with Crippen LogP contribution >= 0.6 is 15.9 Å². The van der Waals surface area contributed by atoms with Gasteiger partial charge < -0.3 is 10.3 Å². The van der Waals surface area contributed by atoms with E-state index in [2.05, 4.69) is 20.9 Å². The Kier molecular flexibility index (Phi) is 3.57. The van der Waals surface area contributed by atoms with Crippen molar-refractivity contribution in [1.82, 2.24) is 9.55 Å². The molecular formula is C11H13BrFN3O2S. The fourth-order valence-electron chi connectivity index (χ4n) is 2.08.